The summed E-state index contributed by atoms with van der Waals surface area (Å²) in [5.41, 5.74) is 0. The van der Waals surface area contributed by atoms with Gasteiger partial charge in [-0.15, -0.1) is 0 Å². The van der Waals surface area contributed by atoms with Gasteiger partial charge in [0.2, 0.25) is 5.91 Å². The molecule has 2 bridgehead atoms. The molecule has 4 atom stereocenters. The van der Waals surface area contributed by atoms with E-state index in [1.807, 2.05) is 11.9 Å². The number of carboxylic acids is 1. The summed E-state index contributed by atoms with van der Waals surface area (Å²) in [7, 11) is 1.86. The van der Waals surface area contributed by atoms with Gasteiger partial charge in [-0.1, -0.05) is 6.42 Å². The van der Waals surface area contributed by atoms with Gasteiger partial charge in [0.15, 0.2) is 0 Å². The molecular formula is C16H28N2O3. The van der Waals surface area contributed by atoms with Crippen molar-refractivity contribution in [3.05, 3.63) is 0 Å². The molecule has 21 heavy (non-hydrogen) atoms. The fraction of sp³-hybridized carbons (Fsp3) is 0.875. The van der Waals surface area contributed by atoms with Crippen molar-refractivity contribution in [2.45, 2.75) is 51.5 Å². The van der Waals surface area contributed by atoms with E-state index in [9.17, 15) is 9.59 Å². The summed E-state index contributed by atoms with van der Waals surface area (Å²) in [5.74, 6) is 1.66. The summed E-state index contributed by atoms with van der Waals surface area (Å²) in [6.45, 7) is 3.13. The number of amides is 1. The minimum absolute atomic E-state index is 0.0584. The summed E-state index contributed by atoms with van der Waals surface area (Å²) in [6.07, 6.45) is 6.11. The molecule has 2 N–H and O–H groups in total. The van der Waals surface area contributed by atoms with Crippen molar-refractivity contribution < 1.29 is 14.7 Å². The molecule has 5 nitrogen and oxygen atoms in total. The zero-order valence-corrected chi connectivity index (χ0v) is 13.2. The Balaban J connectivity index is 1.65. The molecule has 2 aliphatic rings. The molecule has 0 aromatic carbocycles. The standard InChI is InChI=1S/C16H28N2O3/c1-11(14-9-12-5-6-13(14)8-12)17-15(19)10-18(2)7-3-4-16(20)21/h11-14H,3-10H2,1-2H3,(H,17,19)(H,20,21). The zero-order chi connectivity index (χ0) is 15.4. The van der Waals surface area contributed by atoms with E-state index >= 15 is 0 Å². The van der Waals surface area contributed by atoms with E-state index in [1.165, 1.54) is 25.7 Å². The van der Waals surface area contributed by atoms with Crippen molar-refractivity contribution in [2.24, 2.45) is 17.8 Å². The van der Waals surface area contributed by atoms with Crippen LogP contribution in [-0.4, -0.2) is 48.1 Å². The number of nitrogens with zero attached hydrogens (tertiary/aromatic N) is 1. The number of hydrogen-bond donors (Lipinski definition) is 2. The molecule has 2 rings (SSSR count). The molecule has 1 amide bonds. The Morgan fingerprint density at radius 3 is 2.67 bits per heavy atom. The highest BCUT2D eigenvalue weighted by molar-refractivity contribution is 5.78. The second-order valence-corrected chi connectivity index (χ2v) is 6.93. The topological polar surface area (TPSA) is 69.6 Å². The molecule has 0 aliphatic heterocycles. The zero-order valence-electron chi connectivity index (χ0n) is 13.2. The van der Waals surface area contributed by atoms with Gasteiger partial charge in [0, 0.05) is 12.5 Å². The summed E-state index contributed by atoms with van der Waals surface area (Å²) in [4.78, 5) is 24.4. The number of hydrogen-bond acceptors (Lipinski definition) is 3. The van der Waals surface area contributed by atoms with E-state index in [1.54, 1.807) is 0 Å². The lowest BCUT2D eigenvalue weighted by Crippen LogP contribution is -2.44. The number of nitrogens with one attached hydrogen (secondary N) is 1. The summed E-state index contributed by atoms with van der Waals surface area (Å²) in [6, 6.07) is 0.264. The Morgan fingerprint density at radius 1 is 1.33 bits per heavy atom. The van der Waals surface area contributed by atoms with Gasteiger partial charge >= 0.3 is 5.97 Å². The third-order valence-electron chi connectivity index (χ3n) is 5.17. The number of carboxylic acid groups (broad SMARTS) is 1. The van der Waals surface area contributed by atoms with Gasteiger partial charge in [-0.2, -0.15) is 0 Å². The van der Waals surface area contributed by atoms with Crippen molar-refractivity contribution in [1.82, 2.24) is 10.2 Å². The Bertz CT molecular complexity index is 386. The number of aliphatic carboxylic acids is 1. The van der Waals surface area contributed by atoms with Crippen molar-refractivity contribution >= 4 is 11.9 Å². The summed E-state index contributed by atoms with van der Waals surface area (Å²) < 4.78 is 0. The SMILES string of the molecule is CC(NC(=O)CN(C)CCCC(=O)O)C1CC2CCC1C2. The molecule has 0 aromatic rings. The minimum Gasteiger partial charge on any atom is -0.481 e. The van der Waals surface area contributed by atoms with Crippen LogP contribution >= 0.6 is 0 Å². The van der Waals surface area contributed by atoms with E-state index in [0.29, 0.717) is 25.4 Å². The van der Waals surface area contributed by atoms with E-state index in [4.69, 9.17) is 5.11 Å². The third kappa shape index (κ3) is 4.70. The molecule has 2 fully saturated rings. The van der Waals surface area contributed by atoms with Crippen molar-refractivity contribution in [2.75, 3.05) is 20.1 Å². The van der Waals surface area contributed by atoms with Crippen LogP contribution in [0.4, 0.5) is 0 Å². The second kappa shape index (κ2) is 7.25. The molecule has 2 saturated carbocycles. The smallest absolute Gasteiger partial charge is 0.303 e. The van der Waals surface area contributed by atoms with Crippen LogP contribution in [0.3, 0.4) is 0 Å². The van der Waals surface area contributed by atoms with Gasteiger partial charge in [0.1, 0.15) is 0 Å². The first kappa shape index (κ1) is 16.3. The average molecular weight is 296 g/mol. The van der Waals surface area contributed by atoms with E-state index in [-0.39, 0.29) is 18.4 Å². The van der Waals surface area contributed by atoms with Crippen LogP contribution in [0.15, 0.2) is 0 Å². The fourth-order valence-corrected chi connectivity index (χ4v) is 4.14. The molecule has 0 heterocycles. The molecule has 120 valence electrons. The Morgan fingerprint density at radius 2 is 2.10 bits per heavy atom. The maximum absolute atomic E-state index is 12.1. The van der Waals surface area contributed by atoms with Crippen molar-refractivity contribution in [1.29, 1.82) is 0 Å². The highest BCUT2D eigenvalue weighted by Gasteiger charge is 2.42. The molecule has 0 spiro atoms. The predicted molar refractivity (Wildman–Crippen MR) is 80.9 cm³/mol. The van der Waals surface area contributed by atoms with Crippen LogP contribution in [0.1, 0.15) is 45.4 Å². The van der Waals surface area contributed by atoms with Gasteiger partial charge in [0.05, 0.1) is 6.54 Å². The van der Waals surface area contributed by atoms with Gasteiger partial charge in [0.25, 0.3) is 0 Å². The highest BCUT2D eigenvalue weighted by Crippen LogP contribution is 2.49. The Labute approximate surface area is 127 Å². The van der Waals surface area contributed by atoms with Crippen LogP contribution in [0.25, 0.3) is 0 Å². The van der Waals surface area contributed by atoms with E-state index < -0.39 is 5.97 Å². The molecule has 2 aliphatic carbocycles. The first-order chi connectivity index (χ1) is 9.95. The van der Waals surface area contributed by atoms with Gasteiger partial charge in [-0.3, -0.25) is 14.5 Å². The van der Waals surface area contributed by atoms with Crippen LogP contribution in [0.5, 0.6) is 0 Å². The minimum atomic E-state index is -0.780. The first-order valence-electron chi connectivity index (χ1n) is 8.15. The molecule has 5 heteroatoms. The number of fused-ring (bicyclic) bond motifs is 2. The normalized spacial score (nSPS) is 28.8. The average Bonchev–Trinajstić information content (AvgIpc) is 2.99. The van der Waals surface area contributed by atoms with Crippen LogP contribution in [0, 0.1) is 17.8 Å². The number of likely N-dealkylation sites (N-methyl/N-ethyl adjacent to an activating group) is 1. The monoisotopic (exact) mass is 296 g/mol. The summed E-state index contributed by atoms with van der Waals surface area (Å²) >= 11 is 0. The number of rotatable bonds is 8. The van der Waals surface area contributed by atoms with Gasteiger partial charge < -0.3 is 10.4 Å². The lowest BCUT2D eigenvalue weighted by atomic mass is 9.84. The summed E-state index contributed by atoms with van der Waals surface area (Å²) in [5, 5.41) is 11.7. The second-order valence-electron chi connectivity index (χ2n) is 6.93. The van der Waals surface area contributed by atoms with Crippen molar-refractivity contribution in [3.63, 3.8) is 0 Å². The Hall–Kier alpha value is -1.10. The Kier molecular flexibility index (Phi) is 5.62. The lowest BCUT2D eigenvalue weighted by Gasteiger charge is -2.29. The first-order valence-corrected chi connectivity index (χ1v) is 8.15. The van der Waals surface area contributed by atoms with E-state index in [2.05, 4.69) is 12.2 Å². The fourth-order valence-electron chi connectivity index (χ4n) is 4.14. The largest absolute Gasteiger partial charge is 0.481 e. The highest BCUT2D eigenvalue weighted by atomic mass is 16.4. The lowest BCUT2D eigenvalue weighted by molar-refractivity contribution is -0.137. The number of carbonyl (C=O) groups excluding carboxylic acids is 1. The van der Waals surface area contributed by atoms with Crippen LogP contribution < -0.4 is 5.32 Å². The quantitative estimate of drug-likeness (QED) is 0.715. The molecule has 4 unspecified atom stereocenters. The molecule has 0 saturated heterocycles. The molecule has 0 radical (unpaired) electrons. The van der Waals surface area contributed by atoms with E-state index in [0.717, 1.165) is 11.8 Å². The van der Waals surface area contributed by atoms with Crippen LogP contribution in [-0.2, 0) is 9.59 Å². The molecule has 0 aromatic heterocycles. The van der Waals surface area contributed by atoms with Crippen LogP contribution in [0.2, 0.25) is 0 Å². The maximum atomic E-state index is 12.1. The van der Waals surface area contributed by atoms with Gasteiger partial charge in [-0.25, -0.2) is 0 Å². The third-order valence-corrected chi connectivity index (χ3v) is 5.17. The number of carbonyl (C=O) groups is 2. The molecular weight excluding hydrogens is 268 g/mol. The van der Waals surface area contributed by atoms with Crippen molar-refractivity contribution in [3.8, 4) is 0 Å². The van der Waals surface area contributed by atoms with Gasteiger partial charge in [-0.05, 0) is 64.0 Å². The maximum Gasteiger partial charge on any atom is 0.303 e. The predicted octanol–water partition coefficient (Wildman–Crippen LogP) is 1.72.